The lowest BCUT2D eigenvalue weighted by molar-refractivity contribution is -0.113. The maximum atomic E-state index is 12.9. The molecule has 0 unspecified atom stereocenters. The van der Waals surface area contributed by atoms with Crippen LogP contribution in [-0.4, -0.2) is 25.7 Å². The van der Waals surface area contributed by atoms with E-state index in [1.54, 1.807) is 38.3 Å². The number of carbonyl (C=O) groups is 2. The Morgan fingerprint density at radius 2 is 1.69 bits per heavy atom. The minimum absolute atomic E-state index is 0.0195. The van der Waals surface area contributed by atoms with E-state index in [1.807, 2.05) is 0 Å². The topological polar surface area (TPSA) is 88.7 Å². The molecule has 152 valence electrons. The first kappa shape index (κ1) is 20.1. The Kier molecular flexibility index (Phi) is 5.96. The molecule has 29 heavy (non-hydrogen) atoms. The SMILES string of the molecule is COc1ccc(NC(=O)C2=C(C)NC(=O)N[C@H]2c2ccc(OC(F)F)cc2)cc1. The third kappa shape index (κ3) is 4.81. The second-order valence-electron chi connectivity index (χ2n) is 6.20. The van der Waals surface area contributed by atoms with E-state index in [9.17, 15) is 18.4 Å². The second kappa shape index (κ2) is 8.59. The predicted octanol–water partition coefficient (Wildman–Crippen LogP) is 3.56. The summed E-state index contributed by atoms with van der Waals surface area (Å²) in [4.78, 5) is 24.9. The summed E-state index contributed by atoms with van der Waals surface area (Å²) in [7, 11) is 1.54. The van der Waals surface area contributed by atoms with Crippen molar-refractivity contribution in [3.05, 3.63) is 65.4 Å². The molecule has 7 nitrogen and oxygen atoms in total. The van der Waals surface area contributed by atoms with Gasteiger partial charge in [-0.05, 0) is 48.9 Å². The molecule has 1 atom stereocenters. The van der Waals surface area contributed by atoms with E-state index in [2.05, 4.69) is 20.7 Å². The van der Waals surface area contributed by atoms with Crippen LogP contribution in [0.15, 0.2) is 59.8 Å². The van der Waals surface area contributed by atoms with Crippen molar-refractivity contribution in [2.24, 2.45) is 0 Å². The van der Waals surface area contributed by atoms with Crippen molar-refractivity contribution in [2.75, 3.05) is 12.4 Å². The molecule has 0 fully saturated rings. The highest BCUT2D eigenvalue weighted by atomic mass is 19.3. The standard InChI is InChI=1S/C20H19F2N3O4/c1-11-16(18(26)24-13-5-9-14(28-2)10-6-13)17(25-20(27)23-11)12-3-7-15(8-4-12)29-19(21)22/h3-10,17,19H,1-2H3,(H,24,26)(H2,23,25,27)/t17-/m0/s1. The number of hydrogen-bond acceptors (Lipinski definition) is 4. The summed E-state index contributed by atoms with van der Waals surface area (Å²) in [6, 6.07) is 11.3. The van der Waals surface area contributed by atoms with Gasteiger partial charge in [-0.1, -0.05) is 12.1 Å². The summed E-state index contributed by atoms with van der Waals surface area (Å²) in [5.41, 5.74) is 1.77. The average Bonchev–Trinajstić information content (AvgIpc) is 2.68. The summed E-state index contributed by atoms with van der Waals surface area (Å²) < 4.78 is 34.1. The highest BCUT2D eigenvalue weighted by Crippen LogP contribution is 2.29. The van der Waals surface area contributed by atoms with Gasteiger partial charge in [0.05, 0.1) is 18.7 Å². The molecule has 1 heterocycles. The van der Waals surface area contributed by atoms with Gasteiger partial charge in [0.1, 0.15) is 11.5 Å². The van der Waals surface area contributed by atoms with Crippen LogP contribution in [-0.2, 0) is 4.79 Å². The van der Waals surface area contributed by atoms with Crippen LogP contribution < -0.4 is 25.4 Å². The number of methoxy groups -OCH3 is 1. The first-order chi connectivity index (χ1) is 13.9. The van der Waals surface area contributed by atoms with Gasteiger partial charge < -0.3 is 25.4 Å². The van der Waals surface area contributed by atoms with Gasteiger partial charge >= 0.3 is 12.6 Å². The number of ether oxygens (including phenoxy) is 2. The summed E-state index contributed by atoms with van der Waals surface area (Å²) in [6.07, 6.45) is 0. The van der Waals surface area contributed by atoms with Crippen LogP contribution in [0.25, 0.3) is 0 Å². The van der Waals surface area contributed by atoms with E-state index in [-0.39, 0.29) is 5.75 Å². The number of urea groups is 1. The molecule has 9 heteroatoms. The molecule has 0 saturated heterocycles. The Labute approximate surface area is 165 Å². The molecule has 0 radical (unpaired) electrons. The molecule has 0 bridgehead atoms. The summed E-state index contributed by atoms with van der Waals surface area (Å²) in [5.74, 6) is 0.209. The highest BCUT2D eigenvalue weighted by molar-refractivity contribution is 6.06. The molecule has 3 N–H and O–H groups in total. The van der Waals surface area contributed by atoms with Crippen molar-refractivity contribution in [2.45, 2.75) is 19.6 Å². The Hall–Kier alpha value is -3.62. The summed E-state index contributed by atoms with van der Waals surface area (Å²) in [5, 5.41) is 8.03. The maximum absolute atomic E-state index is 12.9. The summed E-state index contributed by atoms with van der Waals surface area (Å²) in [6.45, 7) is -1.32. The fourth-order valence-electron chi connectivity index (χ4n) is 2.96. The smallest absolute Gasteiger partial charge is 0.387 e. The monoisotopic (exact) mass is 403 g/mol. The van der Waals surface area contributed by atoms with Gasteiger partial charge in [0.25, 0.3) is 5.91 Å². The molecule has 0 saturated carbocycles. The van der Waals surface area contributed by atoms with Crippen LogP contribution in [0.5, 0.6) is 11.5 Å². The lowest BCUT2D eigenvalue weighted by atomic mass is 9.94. The van der Waals surface area contributed by atoms with Crippen LogP contribution in [0, 0.1) is 0 Å². The van der Waals surface area contributed by atoms with Gasteiger partial charge in [-0.25, -0.2) is 4.79 Å². The number of hydrogen-bond donors (Lipinski definition) is 3. The van der Waals surface area contributed by atoms with Gasteiger partial charge in [-0.3, -0.25) is 4.79 Å². The van der Waals surface area contributed by atoms with Crippen molar-refractivity contribution in [1.82, 2.24) is 10.6 Å². The lowest BCUT2D eigenvalue weighted by Crippen LogP contribution is -2.45. The van der Waals surface area contributed by atoms with Crippen LogP contribution >= 0.6 is 0 Å². The molecular formula is C20H19F2N3O4. The fraction of sp³-hybridized carbons (Fsp3) is 0.200. The summed E-state index contributed by atoms with van der Waals surface area (Å²) >= 11 is 0. The largest absolute Gasteiger partial charge is 0.497 e. The van der Waals surface area contributed by atoms with Gasteiger partial charge in [0, 0.05) is 11.4 Å². The quantitative estimate of drug-likeness (QED) is 0.688. The molecule has 1 aliphatic rings. The van der Waals surface area contributed by atoms with E-state index in [0.717, 1.165) is 0 Å². The first-order valence-electron chi connectivity index (χ1n) is 8.66. The minimum Gasteiger partial charge on any atom is -0.497 e. The Balaban J connectivity index is 1.85. The van der Waals surface area contributed by atoms with E-state index in [1.165, 1.54) is 24.3 Å². The zero-order valence-corrected chi connectivity index (χ0v) is 15.7. The van der Waals surface area contributed by atoms with Crippen molar-refractivity contribution in [3.8, 4) is 11.5 Å². The predicted molar refractivity (Wildman–Crippen MR) is 102 cm³/mol. The molecule has 1 aliphatic heterocycles. The number of nitrogens with one attached hydrogen (secondary N) is 3. The number of amides is 3. The Morgan fingerprint density at radius 3 is 2.28 bits per heavy atom. The van der Waals surface area contributed by atoms with E-state index in [4.69, 9.17) is 4.74 Å². The maximum Gasteiger partial charge on any atom is 0.387 e. The molecule has 2 aromatic carbocycles. The molecule has 3 rings (SSSR count). The van der Waals surface area contributed by atoms with Crippen molar-refractivity contribution < 1.29 is 27.8 Å². The van der Waals surface area contributed by atoms with Crippen LogP contribution in [0.2, 0.25) is 0 Å². The Morgan fingerprint density at radius 1 is 1.07 bits per heavy atom. The van der Waals surface area contributed by atoms with E-state index in [0.29, 0.717) is 28.3 Å². The number of alkyl halides is 2. The van der Waals surface area contributed by atoms with Crippen LogP contribution in [0.4, 0.5) is 19.3 Å². The number of anilines is 1. The third-order valence-corrected chi connectivity index (χ3v) is 4.30. The van der Waals surface area contributed by atoms with Gasteiger partial charge in [-0.15, -0.1) is 0 Å². The lowest BCUT2D eigenvalue weighted by Gasteiger charge is -2.28. The number of halogens is 2. The molecule has 0 spiro atoms. The second-order valence-corrected chi connectivity index (χ2v) is 6.20. The van der Waals surface area contributed by atoms with Crippen LogP contribution in [0.3, 0.4) is 0 Å². The number of benzene rings is 2. The number of rotatable bonds is 6. The molecular weight excluding hydrogens is 384 g/mol. The normalized spacial score (nSPS) is 16.2. The number of carbonyl (C=O) groups excluding carboxylic acids is 2. The first-order valence-corrected chi connectivity index (χ1v) is 8.66. The zero-order chi connectivity index (χ0) is 21.0. The third-order valence-electron chi connectivity index (χ3n) is 4.30. The highest BCUT2D eigenvalue weighted by Gasteiger charge is 2.31. The van der Waals surface area contributed by atoms with Crippen molar-refractivity contribution in [3.63, 3.8) is 0 Å². The average molecular weight is 403 g/mol. The number of allylic oxidation sites excluding steroid dienone is 1. The van der Waals surface area contributed by atoms with Gasteiger partial charge in [0.15, 0.2) is 0 Å². The molecule has 0 aliphatic carbocycles. The minimum atomic E-state index is -2.94. The van der Waals surface area contributed by atoms with Gasteiger partial charge in [0.2, 0.25) is 0 Å². The van der Waals surface area contributed by atoms with Gasteiger partial charge in [-0.2, -0.15) is 8.78 Å². The van der Waals surface area contributed by atoms with Crippen LogP contribution in [0.1, 0.15) is 18.5 Å². The fourth-order valence-corrected chi connectivity index (χ4v) is 2.96. The van der Waals surface area contributed by atoms with E-state index < -0.39 is 24.6 Å². The molecule has 0 aromatic heterocycles. The molecule has 3 amide bonds. The molecule has 2 aromatic rings. The van der Waals surface area contributed by atoms with Crippen molar-refractivity contribution >= 4 is 17.6 Å². The van der Waals surface area contributed by atoms with E-state index >= 15 is 0 Å². The zero-order valence-electron chi connectivity index (χ0n) is 15.7. The Bertz CT molecular complexity index is 928. The van der Waals surface area contributed by atoms with Crippen molar-refractivity contribution in [1.29, 1.82) is 0 Å².